The average Bonchev–Trinajstić information content (AvgIpc) is 2.78. The topological polar surface area (TPSA) is 50.4 Å². The Kier molecular flexibility index (Phi) is 6.05. The maximum Gasteiger partial charge on any atom is 0.191 e. The third kappa shape index (κ3) is 5.14. The molecule has 1 aromatic rings. The molecule has 1 aliphatic heterocycles. The summed E-state index contributed by atoms with van der Waals surface area (Å²) in [6, 6.07) is 0. The molecule has 0 aromatic carbocycles. The molecule has 1 aliphatic rings. The van der Waals surface area contributed by atoms with Crippen molar-refractivity contribution in [3.8, 4) is 0 Å². The van der Waals surface area contributed by atoms with Gasteiger partial charge in [0, 0.05) is 31.8 Å². The summed E-state index contributed by atoms with van der Waals surface area (Å²) >= 11 is 0. The predicted molar refractivity (Wildman–Crippen MR) is 96.3 cm³/mol. The standard InChI is InChI=1S/C17H33N3O2Si/c1-14-15(7-10-22-23(5,6)17(2,3)4)19-16(18-14)13-20-8-11-21-12-9-20/h7-13H2,1-6H3,(H,18,19). The van der Waals surface area contributed by atoms with Gasteiger partial charge in [-0.25, -0.2) is 4.98 Å². The molecule has 0 saturated carbocycles. The quantitative estimate of drug-likeness (QED) is 0.809. The fraction of sp³-hybridized carbons (Fsp3) is 0.824. The second-order valence-corrected chi connectivity index (χ2v) is 12.8. The van der Waals surface area contributed by atoms with Crippen LogP contribution in [0.5, 0.6) is 0 Å². The van der Waals surface area contributed by atoms with Crippen molar-refractivity contribution in [1.82, 2.24) is 14.9 Å². The van der Waals surface area contributed by atoms with Crippen molar-refractivity contribution < 1.29 is 9.16 Å². The Balaban J connectivity index is 1.86. The number of aromatic nitrogens is 2. The van der Waals surface area contributed by atoms with Crippen LogP contribution >= 0.6 is 0 Å². The number of imidazole rings is 1. The molecule has 0 spiro atoms. The third-order valence-electron chi connectivity index (χ3n) is 5.12. The molecule has 0 bridgehead atoms. The zero-order valence-corrected chi connectivity index (χ0v) is 16.7. The molecule has 1 aromatic heterocycles. The lowest BCUT2D eigenvalue weighted by Gasteiger charge is -2.36. The molecule has 0 radical (unpaired) electrons. The van der Waals surface area contributed by atoms with Crippen LogP contribution in [0.4, 0.5) is 0 Å². The number of aryl methyl sites for hydroxylation is 1. The van der Waals surface area contributed by atoms with Gasteiger partial charge in [-0.05, 0) is 25.1 Å². The van der Waals surface area contributed by atoms with Gasteiger partial charge in [0.25, 0.3) is 0 Å². The first-order chi connectivity index (χ1) is 10.7. The van der Waals surface area contributed by atoms with Crippen LogP contribution in [0.3, 0.4) is 0 Å². The van der Waals surface area contributed by atoms with Gasteiger partial charge < -0.3 is 14.1 Å². The second kappa shape index (κ2) is 7.47. The van der Waals surface area contributed by atoms with E-state index in [1.807, 2.05) is 0 Å². The molecule has 0 aliphatic carbocycles. The molecule has 2 rings (SSSR count). The molecule has 0 amide bonds. The summed E-state index contributed by atoms with van der Waals surface area (Å²) in [6.45, 7) is 18.8. The zero-order chi connectivity index (χ0) is 17.1. The van der Waals surface area contributed by atoms with E-state index in [9.17, 15) is 0 Å². The van der Waals surface area contributed by atoms with Gasteiger partial charge in [0.15, 0.2) is 8.32 Å². The molecule has 0 unspecified atom stereocenters. The lowest BCUT2D eigenvalue weighted by atomic mass is 10.2. The molecular weight excluding hydrogens is 306 g/mol. The Morgan fingerprint density at radius 1 is 1.26 bits per heavy atom. The Hall–Kier alpha value is -0.693. The van der Waals surface area contributed by atoms with Gasteiger partial charge in [-0.15, -0.1) is 0 Å². The fourth-order valence-electron chi connectivity index (χ4n) is 2.47. The Morgan fingerprint density at radius 3 is 2.52 bits per heavy atom. The van der Waals surface area contributed by atoms with E-state index in [1.165, 1.54) is 5.69 Å². The van der Waals surface area contributed by atoms with E-state index in [2.05, 4.69) is 50.7 Å². The number of hydrogen-bond acceptors (Lipinski definition) is 4. The minimum atomic E-state index is -1.66. The van der Waals surface area contributed by atoms with E-state index in [4.69, 9.17) is 14.1 Å². The zero-order valence-electron chi connectivity index (χ0n) is 15.7. The van der Waals surface area contributed by atoms with E-state index in [0.717, 1.165) is 57.4 Å². The third-order valence-corrected chi connectivity index (χ3v) is 9.66. The van der Waals surface area contributed by atoms with Crippen LogP contribution in [0.1, 0.15) is 38.0 Å². The summed E-state index contributed by atoms with van der Waals surface area (Å²) in [5.41, 5.74) is 2.32. The van der Waals surface area contributed by atoms with Crippen LogP contribution in [-0.2, 0) is 22.1 Å². The molecule has 6 heteroatoms. The number of morpholine rings is 1. The summed E-state index contributed by atoms with van der Waals surface area (Å²) in [5.74, 6) is 1.06. The van der Waals surface area contributed by atoms with Crippen molar-refractivity contribution >= 4 is 8.32 Å². The highest BCUT2D eigenvalue weighted by atomic mass is 28.4. The van der Waals surface area contributed by atoms with Crippen LogP contribution in [0.15, 0.2) is 0 Å². The number of hydrogen-bond donors (Lipinski definition) is 1. The van der Waals surface area contributed by atoms with Gasteiger partial charge in [0.05, 0.1) is 25.5 Å². The largest absolute Gasteiger partial charge is 0.416 e. The Labute approximate surface area is 141 Å². The minimum absolute atomic E-state index is 0.259. The first-order valence-corrected chi connectivity index (χ1v) is 11.6. The van der Waals surface area contributed by atoms with Gasteiger partial charge in [-0.3, -0.25) is 4.90 Å². The van der Waals surface area contributed by atoms with Crippen LogP contribution in [0.25, 0.3) is 0 Å². The van der Waals surface area contributed by atoms with Crippen molar-refractivity contribution in [1.29, 1.82) is 0 Å². The highest BCUT2D eigenvalue weighted by Crippen LogP contribution is 2.36. The van der Waals surface area contributed by atoms with Gasteiger partial charge in [-0.2, -0.15) is 0 Å². The summed E-state index contributed by atoms with van der Waals surface area (Å²) in [4.78, 5) is 10.6. The van der Waals surface area contributed by atoms with Crippen LogP contribution in [0, 0.1) is 6.92 Å². The monoisotopic (exact) mass is 339 g/mol. The van der Waals surface area contributed by atoms with E-state index in [0.29, 0.717) is 0 Å². The molecule has 1 fully saturated rings. The molecule has 1 N–H and O–H groups in total. The average molecular weight is 340 g/mol. The maximum atomic E-state index is 6.27. The SMILES string of the molecule is Cc1[nH]c(CN2CCOCC2)nc1CCO[Si](C)(C)C(C)(C)C. The number of nitrogens with zero attached hydrogens (tertiary/aromatic N) is 2. The van der Waals surface area contributed by atoms with Gasteiger partial charge >= 0.3 is 0 Å². The van der Waals surface area contributed by atoms with Gasteiger partial charge in [0.2, 0.25) is 0 Å². The summed E-state index contributed by atoms with van der Waals surface area (Å²) in [7, 11) is -1.66. The molecule has 2 heterocycles. The second-order valence-electron chi connectivity index (χ2n) is 8.00. The Morgan fingerprint density at radius 2 is 1.91 bits per heavy atom. The van der Waals surface area contributed by atoms with Crippen molar-refractivity contribution in [3.05, 3.63) is 17.2 Å². The Bertz CT molecular complexity index is 502. The van der Waals surface area contributed by atoms with E-state index in [-0.39, 0.29) is 5.04 Å². The van der Waals surface area contributed by atoms with Gasteiger partial charge in [-0.1, -0.05) is 20.8 Å². The first kappa shape index (κ1) is 18.6. The lowest BCUT2D eigenvalue weighted by Crippen LogP contribution is -2.41. The minimum Gasteiger partial charge on any atom is -0.416 e. The molecule has 1 saturated heterocycles. The summed E-state index contributed by atoms with van der Waals surface area (Å²) in [5, 5.41) is 0.259. The molecule has 132 valence electrons. The molecule has 5 nitrogen and oxygen atoms in total. The highest BCUT2D eigenvalue weighted by molar-refractivity contribution is 6.74. The molecule has 0 atom stereocenters. The number of rotatable bonds is 6. The maximum absolute atomic E-state index is 6.27. The summed E-state index contributed by atoms with van der Waals surface area (Å²) in [6.07, 6.45) is 0.887. The fourth-order valence-corrected chi connectivity index (χ4v) is 3.52. The van der Waals surface area contributed by atoms with Crippen molar-refractivity contribution in [2.45, 2.75) is 58.8 Å². The number of ether oxygens (including phenoxy) is 1. The normalized spacial score (nSPS) is 17.7. The van der Waals surface area contributed by atoms with Crippen molar-refractivity contribution in [3.63, 3.8) is 0 Å². The van der Waals surface area contributed by atoms with E-state index < -0.39 is 8.32 Å². The number of H-pyrrole nitrogens is 1. The predicted octanol–water partition coefficient (Wildman–Crippen LogP) is 3.11. The first-order valence-electron chi connectivity index (χ1n) is 8.67. The van der Waals surface area contributed by atoms with Crippen molar-refractivity contribution in [2.24, 2.45) is 0 Å². The number of nitrogens with one attached hydrogen (secondary N) is 1. The smallest absolute Gasteiger partial charge is 0.191 e. The van der Waals surface area contributed by atoms with Gasteiger partial charge in [0.1, 0.15) is 5.82 Å². The summed E-state index contributed by atoms with van der Waals surface area (Å²) < 4.78 is 11.7. The van der Waals surface area contributed by atoms with E-state index >= 15 is 0 Å². The van der Waals surface area contributed by atoms with Crippen molar-refractivity contribution in [2.75, 3.05) is 32.9 Å². The molecule has 23 heavy (non-hydrogen) atoms. The van der Waals surface area contributed by atoms with E-state index in [1.54, 1.807) is 0 Å². The van der Waals surface area contributed by atoms with Crippen LogP contribution in [0.2, 0.25) is 18.1 Å². The highest BCUT2D eigenvalue weighted by Gasteiger charge is 2.36. The van der Waals surface area contributed by atoms with Crippen LogP contribution in [-0.4, -0.2) is 56.1 Å². The lowest BCUT2D eigenvalue weighted by molar-refractivity contribution is 0.0331. The number of aromatic amines is 1. The molecular formula is C17H33N3O2Si. The van der Waals surface area contributed by atoms with Crippen LogP contribution < -0.4 is 0 Å².